The summed E-state index contributed by atoms with van der Waals surface area (Å²) >= 11 is 0. The quantitative estimate of drug-likeness (QED) is 0.907. The standard InChI is InChI=1S/C15H21N3O2/c19-14(17-12-6-1-2-7-12)9-18-10-16-13(8-15(18)20)11-4-3-5-11/h8,10-12H,1-7,9H2,(H,17,19). The van der Waals surface area contributed by atoms with Crippen molar-refractivity contribution >= 4 is 5.91 Å². The Bertz CT molecular complexity index is 542. The normalized spacial score (nSPS) is 19.8. The smallest absolute Gasteiger partial charge is 0.254 e. The van der Waals surface area contributed by atoms with Crippen molar-refractivity contribution in [2.45, 2.75) is 63.5 Å². The van der Waals surface area contributed by atoms with E-state index < -0.39 is 0 Å². The van der Waals surface area contributed by atoms with E-state index in [9.17, 15) is 9.59 Å². The molecule has 1 N–H and O–H groups in total. The Morgan fingerprint density at radius 3 is 2.60 bits per heavy atom. The van der Waals surface area contributed by atoms with Gasteiger partial charge in [-0.2, -0.15) is 0 Å². The highest BCUT2D eigenvalue weighted by atomic mass is 16.2. The molecule has 1 heterocycles. The number of aromatic nitrogens is 2. The largest absolute Gasteiger partial charge is 0.352 e. The molecule has 1 amide bonds. The molecule has 0 aromatic carbocycles. The summed E-state index contributed by atoms with van der Waals surface area (Å²) in [6.07, 6.45) is 9.46. The van der Waals surface area contributed by atoms with Gasteiger partial charge in [-0.3, -0.25) is 14.2 Å². The molecule has 0 unspecified atom stereocenters. The molecular weight excluding hydrogens is 254 g/mol. The van der Waals surface area contributed by atoms with Gasteiger partial charge in [0, 0.05) is 18.0 Å². The zero-order chi connectivity index (χ0) is 13.9. The minimum Gasteiger partial charge on any atom is -0.352 e. The molecule has 2 fully saturated rings. The van der Waals surface area contributed by atoms with Gasteiger partial charge in [0.1, 0.15) is 6.54 Å². The molecule has 0 spiro atoms. The Morgan fingerprint density at radius 1 is 1.25 bits per heavy atom. The first-order valence-corrected chi connectivity index (χ1v) is 7.58. The average Bonchev–Trinajstić information content (AvgIpc) is 2.83. The highest BCUT2D eigenvalue weighted by Crippen LogP contribution is 2.34. The van der Waals surface area contributed by atoms with Gasteiger partial charge in [-0.1, -0.05) is 19.3 Å². The van der Waals surface area contributed by atoms with Crippen molar-refractivity contribution in [1.82, 2.24) is 14.9 Å². The minimum atomic E-state index is -0.122. The Labute approximate surface area is 118 Å². The van der Waals surface area contributed by atoms with E-state index in [1.165, 1.54) is 30.2 Å². The van der Waals surface area contributed by atoms with Gasteiger partial charge in [-0.15, -0.1) is 0 Å². The van der Waals surface area contributed by atoms with E-state index in [4.69, 9.17) is 0 Å². The van der Waals surface area contributed by atoms with Crippen LogP contribution < -0.4 is 10.9 Å². The second-order valence-corrected chi connectivity index (χ2v) is 5.96. The molecule has 2 saturated carbocycles. The van der Waals surface area contributed by atoms with Crippen LogP contribution in [0.1, 0.15) is 56.6 Å². The molecule has 5 heteroatoms. The summed E-state index contributed by atoms with van der Waals surface area (Å²) in [5, 5.41) is 2.99. The maximum atomic E-state index is 12.0. The summed E-state index contributed by atoms with van der Waals surface area (Å²) in [5.41, 5.74) is 0.761. The molecule has 2 aliphatic rings. The summed E-state index contributed by atoms with van der Waals surface area (Å²) < 4.78 is 1.40. The predicted molar refractivity (Wildman–Crippen MR) is 75.5 cm³/mol. The highest BCUT2D eigenvalue weighted by Gasteiger charge is 2.22. The summed E-state index contributed by atoms with van der Waals surface area (Å²) in [6, 6.07) is 1.88. The average molecular weight is 275 g/mol. The lowest BCUT2D eigenvalue weighted by Gasteiger charge is -2.24. The molecule has 0 bridgehead atoms. The van der Waals surface area contributed by atoms with Crippen molar-refractivity contribution < 1.29 is 4.79 Å². The maximum absolute atomic E-state index is 12.0. The summed E-state index contributed by atoms with van der Waals surface area (Å²) in [7, 11) is 0. The van der Waals surface area contributed by atoms with Gasteiger partial charge in [-0.25, -0.2) is 4.98 Å². The minimum absolute atomic E-state index is 0.0767. The topological polar surface area (TPSA) is 64.0 Å². The Balaban J connectivity index is 1.61. The fourth-order valence-corrected chi connectivity index (χ4v) is 2.98. The zero-order valence-electron chi connectivity index (χ0n) is 11.7. The number of hydrogen-bond acceptors (Lipinski definition) is 3. The lowest BCUT2D eigenvalue weighted by atomic mass is 9.83. The number of nitrogens with zero attached hydrogens (tertiary/aromatic N) is 2. The first-order chi connectivity index (χ1) is 9.72. The molecule has 0 atom stereocenters. The fraction of sp³-hybridized carbons (Fsp3) is 0.667. The van der Waals surface area contributed by atoms with Crippen molar-refractivity contribution in [2.24, 2.45) is 0 Å². The van der Waals surface area contributed by atoms with Gasteiger partial charge in [0.15, 0.2) is 0 Å². The molecule has 3 rings (SSSR count). The van der Waals surface area contributed by atoms with E-state index >= 15 is 0 Å². The van der Waals surface area contributed by atoms with Crippen LogP contribution in [0.15, 0.2) is 17.2 Å². The Hall–Kier alpha value is -1.65. The molecule has 0 aliphatic heterocycles. The van der Waals surface area contributed by atoms with Crippen LogP contribution in [0.25, 0.3) is 0 Å². The number of carbonyl (C=O) groups excluding carboxylic acids is 1. The fourth-order valence-electron chi connectivity index (χ4n) is 2.98. The van der Waals surface area contributed by atoms with Crippen LogP contribution in [0.5, 0.6) is 0 Å². The first-order valence-electron chi connectivity index (χ1n) is 7.58. The molecule has 2 aliphatic carbocycles. The third kappa shape index (κ3) is 2.92. The number of amides is 1. The molecule has 0 saturated heterocycles. The maximum Gasteiger partial charge on any atom is 0.254 e. The molecular formula is C15H21N3O2. The van der Waals surface area contributed by atoms with E-state index in [0.29, 0.717) is 12.0 Å². The Morgan fingerprint density at radius 2 is 2.00 bits per heavy atom. The van der Waals surface area contributed by atoms with Crippen molar-refractivity contribution in [3.05, 3.63) is 28.4 Å². The number of hydrogen-bond donors (Lipinski definition) is 1. The summed E-state index contributed by atoms with van der Waals surface area (Å²) in [6.45, 7) is 0.0767. The van der Waals surface area contributed by atoms with Gasteiger partial charge in [0.25, 0.3) is 5.56 Å². The SMILES string of the molecule is O=C(Cn1cnc(C2CCC2)cc1=O)NC1CCCC1. The molecule has 0 radical (unpaired) electrons. The predicted octanol–water partition coefficient (Wildman–Crippen LogP) is 1.57. The second-order valence-electron chi connectivity index (χ2n) is 5.96. The molecule has 5 nitrogen and oxygen atoms in total. The number of rotatable bonds is 4. The van der Waals surface area contributed by atoms with E-state index in [1.807, 2.05) is 0 Å². The van der Waals surface area contributed by atoms with Crippen LogP contribution in [0.2, 0.25) is 0 Å². The van der Waals surface area contributed by atoms with Gasteiger partial charge in [0.05, 0.1) is 12.0 Å². The van der Waals surface area contributed by atoms with Crippen molar-refractivity contribution in [3.63, 3.8) is 0 Å². The number of nitrogens with one attached hydrogen (secondary N) is 1. The number of carbonyl (C=O) groups is 1. The van der Waals surface area contributed by atoms with Gasteiger partial charge < -0.3 is 5.32 Å². The van der Waals surface area contributed by atoms with E-state index in [-0.39, 0.29) is 18.0 Å². The van der Waals surface area contributed by atoms with Crippen LogP contribution in [0.4, 0.5) is 0 Å². The molecule has 1 aromatic heterocycles. The summed E-state index contributed by atoms with van der Waals surface area (Å²) in [5.74, 6) is 0.363. The summed E-state index contributed by atoms with van der Waals surface area (Å²) in [4.78, 5) is 28.2. The van der Waals surface area contributed by atoms with Crippen molar-refractivity contribution in [3.8, 4) is 0 Å². The second kappa shape index (κ2) is 5.77. The van der Waals surface area contributed by atoms with Crippen LogP contribution >= 0.6 is 0 Å². The third-order valence-corrected chi connectivity index (χ3v) is 4.46. The molecule has 20 heavy (non-hydrogen) atoms. The van der Waals surface area contributed by atoms with Gasteiger partial charge in [-0.05, 0) is 25.7 Å². The van der Waals surface area contributed by atoms with Crippen LogP contribution in [-0.4, -0.2) is 21.5 Å². The van der Waals surface area contributed by atoms with Crippen LogP contribution in [0.3, 0.4) is 0 Å². The van der Waals surface area contributed by atoms with Gasteiger partial charge in [0.2, 0.25) is 5.91 Å². The molecule has 108 valence electrons. The molecule has 1 aromatic rings. The van der Waals surface area contributed by atoms with Crippen LogP contribution in [-0.2, 0) is 11.3 Å². The first kappa shape index (κ1) is 13.3. The van der Waals surface area contributed by atoms with E-state index in [1.54, 1.807) is 6.07 Å². The van der Waals surface area contributed by atoms with E-state index in [2.05, 4.69) is 10.3 Å². The van der Waals surface area contributed by atoms with Crippen molar-refractivity contribution in [2.75, 3.05) is 0 Å². The third-order valence-electron chi connectivity index (χ3n) is 4.46. The van der Waals surface area contributed by atoms with Crippen molar-refractivity contribution in [1.29, 1.82) is 0 Å². The Kier molecular flexibility index (Phi) is 3.85. The monoisotopic (exact) mass is 275 g/mol. The highest BCUT2D eigenvalue weighted by molar-refractivity contribution is 5.76. The lowest BCUT2D eigenvalue weighted by molar-refractivity contribution is -0.122. The van der Waals surface area contributed by atoms with Gasteiger partial charge >= 0.3 is 0 Å². The van der Waals surface area contributed by atoms with E-state index in [0.717, 1.165) is 31.4 Å². The van der Waals surface area contributed by atoms with Crippen LogP contribution in [0, 0.1) is 0 Å². The lowest BCUT2D eigenvalue weighted by Crippen LogP contribution is -2.37. The zero-order valence-corrected chi connectivity index (χ0v) is 11.7.